The lowest BCUT2D eigenvalue weighted by Crippen LogP contribution is -2.14. The first kappa shape index (κ1) is 19.7. The van der Waals surface area contributed by atoms with Gasteiger partial charge in [0, 0.05) is 18.4 Å². The standard InChI is InChI=1S/C23H28N4O/c1-23(2,3)19-10-5-6-11-20(19)26-21-13-15-25-22(27-21)24-14-12-17-8-7-9-18(16-17)28-4/h5-11,13,15-16H,12,14H2,1-4H3,(H2,24,25,26,27). The summed E-state index contributed by atoms with van der Waals surface area (Å²) in [6, 6.07) is 18.3. The number of nitrogens with one attached hydrogen (secondary N) is 2. The fourth-order valence-electron chi connectivity index (χ4n) is 3.04. The van der Waals surface area contributed by atoms with Crippen molar-refractivity contribution in [1.29, 1.82) is 0 Å². The Morgan fingerprint density at radius 3 is 2.61 bits per heavy atom. The topological polar surface area (TPSA) is 59.1 Å². The van der Waals surface area contributed by atoms with Crippen LogP contribution in [0, 0.1) is 0 Å². The molecule has 1 heterocycles. The van der Waals surface area contributed by atoms with E-state index in [1.165, 1.54) is 11.1 Å². The van der Waals surface area contributed by atoms with Crippen LogP contribution in [0.4, 0.5) is 17.5 Å². The van der Waals surface area contributed by atoms with E-state index in [0.717, 1.165) is 30.2 Å². The van der Waals surface area contributed by atoms with Crippen molar-refractivity contribution in [2.24, 2.45) is 0 Å². The van der Waals surface area contributed by atoms with Crippen LogP contribution in [0.5, 0.6) is 5.75 Å². The van der Waals surface area contributed by atoms with E-state index < -0.39 is 0 Å². The number of methoxy groups -OCH3 is 1. The van der Waals surface area contributed by atoms with Gasteiger partial charge in [0.15, 0.2) is 0 Å². The minimum absolute atomic E-state index is 0.0500. The summed E-state index contributed by atoms with van der Waals surface area (Å²) in [6.07, 6.45) is 2.63. The summed E-state index contributed by atoms with van der Waals surface area (Å²) in [5, 5.41) is 6.73. The van der Waals surface area contributed by atoms with Gasteiger partial charge in [-0.1, -0.05) is 51.1 Å². The van der Waals surface area contributed by atoms with E-state index in [4.69, 9.17) is 4.74 Å². The summed E-state index contributed by atoms with van der Waals surface area (Å²) < 4.78 is 5.27. The fourth-order valence-corrected chi connectivity index (χ4v) is 3.04. The maximum Gasteiger partial charge on any atom is 0.224 e. The highest BCUT2D eigenvalue weighted by Gasteiger charge is 2.17. The van der Waals surface area contributed by atoms with Gasteiger partial charge in [0.1, 0.15) is 11.6 Å². The highest BCUT2D eigenvalue weighted by atomic mass is 16.5. The summed E-state index contributed by atoms with van der Waals surface area (Å²) in [7, 11) is 1.68. The molecule has 0 saturated carbocycles. The van der Waals surface area contributed by atoms with Crippen LogP contribution in [-0.2, 0) is 11.8 Å². The van der Waals surface area contributed by atoms with E-state index in [9.17, 15) is 0 Å². The van der Waals surface area contributed by atoms with Gasteiger partial charge in [0.05, 0.1) is 7.11 Å². The van der Waals surface area contributed by atoms with E-state index in [2.05, 4.69) is 65.6 Å². The molecule has 1 aromatic heterocycles. The van der Waals surface area contributed by atoms with Crippen LogP contribution < -0.4 is 15.4 Å². The van der Waals surface area contributed by atoms with Crippen LogP contribution in [0.15, 0.2) is 60.8 Å². The Kier molecular flexibility index (Phi) is 6.14. The molecule has 5 heteroatoms. The van der Waals surface area contributed by atoms with Crippen molar-refractivity contribution in [1.82, 2.24) is 9.97 Å². The van der Waals surface area contributed by atoms with Gasteiger partial charge in [-0.2, -0.15) is 4.98 Å². The van der Waals surface area contributed by atoms with E-state index >= 15 is 0 Å². The molecule has 0 bridgehead atoms. The molecule has 0 aliphatic carbocycles. The quantitative estimate of drug-likeness (QED) is 0.595. The second kappa shape index (κ2) is 8.74. The molecule has 146 valence electrons. The molecule has 5 nitrogen and oxygen atoms in total. The molecule has 0 unspecified atom stereocenters. The number of hydrogen-bond donors (Lipinski definition) is 2. The summed E-state index contributed by atoms with van der Waals surface area (Å²) in [5.74, 6) is 2.26. The molecule has 28 heavy (non-hydrogen) atoms. The van der Waals surface area contributed by atoms with Crippen LogP contribution in [0.2, 0.25) is 0 Å². The summed E-state index contributed by atoms with van der Waals surface area (Å²) in [6.45, 7) is 7.37. The Morgan fingerprint density at radius 2 is 1.82 bits per heavy atom. The van der Waals surface area contributed by atoms with Gasteiger partial charge >= 0.3 is 0 Å². The Bertz CT molecular complexity index is 918. The van der Waals surface area contributed by atoms with E-state index in [1.807, 2.05) is 30.3 Å². The molecule has 0 amide bonds. The third-order valence-corrected chi connectivity index (χ3v) is 4.48. The second-order valence-electron chi connectivity index (χ2n) is 7.71. The number of benzene rings is 2. The van der Waals surface area contributed by atoms with Gasteiger partial charge in [-0.3, -0.25) is 0 Å². The molecule has 3 rings (SSSR count). The Balaban J connectivity index is 1.65. The number of para-hydroxylation sites is 1. The minimum Gasteiger partial charge on any atom is -0.497 e. The van der Waals surface area contributed by atoms with Crippen molar-refractivity contribution in [2.45, 2.75) is 32.6 Å². The molecule has 0 spiro atoms. The number of anilines is 3. The Labute approximate surface area is 167 Å². The third-order valence-electron chi connectivity index (χ3n) is 4.48. The van der Waals surface area contributed by atoms with Gasteiger partial charge in [0.2, 0.25) is 5.95 Å². The predicted molar refractivity (Wildman–Crippen MR) is 116 cm³/mol. The third kappa shape index (κ3) is 5.22. The molecule has 0 atom stereocenters. The number of aromatic nitrogens is 2. The average Bonchev–Trinajstić information content (AvgIpc) is 2.68. The lowest BCUT2D eigenvalue weighted by atomic mass is 9.86. The molecular formula is C23H28N4O. The lowest BCUT2D eigenvalue weighted by Gasteiger charge is -2.23. The minimum atomic E-state index is 0.0500. The average molecular weight is 377 g/mol. The first-order chi connectivity index (χ1) is 13.5. The van der Waals surface area contributed by atoms with Crippen LogP contribution in [0.1, 0.15) is 31.9 Å². The van der Waals surface area contributed by atoms with Crippen molar-refractivity contribution in [3.8, 4) is 5.75 Å². The van der Waals surface area contributed by atoms with Crippen LogP contribution >= 0.6 is 0 Å². The van der Waals surface area contributed by atoms with Gasteiger partial charge in [-0.25, -0.2) is 4.98 Å². The molecule has 0 aliphatic heterocycles. The van der Waals surface area contributed by atoms with Crippen LogP contribution in [0.25, 0.3) is 0 Å². The Hall–Kier alpha value is -3.08. The van der Waals surface area contributed by atoms with Crippen molar-refractivity contribution in [3.63, 3.8) is 0 Å². The molecule has 0 saturated heterocycles. The van der Waals surface area contributed by atoms with Gasteiger partial charge in [-0.05, 0) is 47.2 Å². The maximum absolute atomic E-state index is 5.27. The van der Waals surface area contributed by atoms with Gasteiger partial charge < -0.3 is 15.4 Å². The van der Waals surface area contributed by atoms with Crippen molar-refractivity contribution < 1.29 is 4.74 Å². The van der Waals surface area contributed by atoms with E-state index in [0.29, 0.717) is 5.95 Å². The number of rotatable bonds is 7. The first-order valence-corrected chi connectivity index (χ1v) is 9.52. The van der Waals surface area contributed by atoms with Crippen molar-refractivity contribution >= 4 is 17.5 Å². The number of ether oxygens (including phenoxy) is 1. The zero-order valence-electron chi connectivity index (χ0n) is 17.0. The molecule has 0 radical (unpaired) electrons. The summed E-state index contributed by atoms with van der Waals surface area (Å²) in [4.78, 5) is 8.93. The first-order valence-electron chi connectivity index (χ1n) is 9.52. The maximum atomic E-state index is 5.27. The lowest BCUT2D eigenvalue weighted by molar-refractivity contribution is 0.414. The fraction of sp³-hybridized carbons (Fsp3) is 0.304. The zero-order chi connectivity index (χ0) is 20.0. The van der Waals surface area contributed by atoms with Crippen molar-refractivity contribution in [3.05, 3.63) is 71.9 Å². The monoisotopic (exact) mass is 376 g/mol. The second-order valence-corrected chi connectivity index (χ2v) is 7.71. The molecular weight excluding hydrogens is 348 g/mol. The Morgan fingerprint density at radius 1 is 1.00 bits per heavy atom. The SMILES string of the molecule is COc1cccc(CCNc2nccc(Nc3ccccc3C(C)(C)C)n2)c1. The highest BCUT2D eigenvalue weighted by molar-refractivity contribution is 5.62. The van der Waals surface area contributed by atoms with Crippen LogP contribution in [-0.4, -0.2) is 23.6 Å². The zero-order valence-corrected chi connectivity index (χ0v) is 17.0. The molecule has 2 N–H and O–H groups in total. The van der Waals surface area contributed by atoms with Gasteiger partial charge in [0.25, 0.3) is 0 Å². The van der Waals surface area contributed by atoms with E-state index in [1.54, 1.807) is 13.3 Å². The largest absolute Gasteiger partial charge is 0.497 e. The van der Waals surface area contributed by atoms with Gasteiger partial charge in [-0.15, -0.1) is 0 Å². The molecule has 3 aromatic rings. The summed E-state index contributed by atoms with van der Waals surface area (Å²) in [5.41, 5.74) is 3.58. The highest BCUT2D eigenvalue weighted by Crippen LogP contribution is 2.30. The smallest absolute Gasteiger partial charge is 0.224 e. The molecule has 0 aliphatic rings. The van der Waals surface area contributed by atoms with E-state index in [-0.39, 0.29) is 5.41 Å². The predicted octanol–water partition coefficient (Wildman–Crippen LogP) is 5.18. The summed E-state index contributed by atoms with van der Waals surface area (Å²) >= 11 is 0. The molecule has 0 fully saturated rings. The normalized spacial score (nSPS) is 11.1. The number of hydrogen-bond acceptors (Lipinski definition) is 5. The number of nitrogens with zero attached hydrogens (tertiary/aromatic N) is 2. The van der Waals surface area contributed by atoms with Crippen LogP contribution in [0.3, 0.4) is 0 Å². The molecule has 2 aromatic carbocycles. The van der Waals surface area contributed by atoms with Crippen molar-refractivity contribution in [2.75, 3.05) is 24.3 Å².